The Morgan fingerprint density at radius 1 is 1.03 bits per heavy atom. The number of furan rings is 1. The smallest absolute Gasteiger partial charge is 0.340 e. The monoisotopic (exact) mass is 588 g/mol. The van der Waals surface area contributed by atoms with Crippen molar-refractivity contribution in [2.45, 2.75) is 31.8 Å². The van der Waals surface area contributed by atoms with Crippen molar-refractivity contribution >= 4 is 51.2 Å². The summed E-state index contributed by atoms with van der Waals surface area (Å²) in [4.78, 5) is 26.6. The molecular formula is C28H26Cl2N2O6S. The van der Waals surface area contributed by atoms with Gasteiger partial charge in [0.25, 0.3) is 5.91 Å². The van der Waals surface area contributed by atoms with Gasteiger partial charge in [-0.05, 0) is 61.9 Å². The van der Waals surface area contributed by atoms with Crippen LogP contribution in [0.5, 0.6) is 0 Å². The van der Waals surface area contributed by atoms with Gasteiger partial charge in [0.15, 0.2) is 0 Å². The Morgan fingerprint density at radius 2 is 1.72 bits per heavy atom. The van der Waals surface area contributed by atoms with Crippen molar-refractivity contribution in [2.75, 3.05) is 14.2 Å². The normalized spacial score (nSPS) is 15.1. The Balaban J connectivity index is 1.68. The van der Waals surface area contributed by atoms with E-state index in [1.807, 2.05) is 6.92 Å². The number of nitrogens with zero attached hydrogens (tertiary/aromatic N) is 2. The third-order valence-corrected chi connectivity index (χ3v) is 8.91. The van der Waals surface area contributed by atoms with Crippen LogP contribution < -0.4 is 0 Å². The van der Waals surface area contributed by atoms with Gasteiger partial charge in [0.1, 0.15) is 11.5 Å². The maximum absolute atomic E-state index is 13.7. The van der Waals surface area contributed by atoms with Gasteiger partial charge in [0.2, 0.25) is 10.0 Å². The molecule has 0 unspecified atom stereocenters. The van der Waals surface area contributed by atoms with Gasteiger partial charge >= 0.3 is 5.97 Å². The number of benzene rings is 2. The second kappa shape index (κ2) is 11.4. The van der Waals surface area contributed by atoms with Gasteiger partial charge in [-0.25, -0.2) is 13.2 Å². The maximum atomic E-state index is 13.7. The number of esters is 1. The first-order chi connectivity index (χ1) is 18.4. The lowest BCUT2D eigenvalue weighted by molar-refractivity contribution is -0.136. The van der Waals surface area contributed by atoms with E-state index in [1.54, 1.807) is 68.6 Å². The highest BCUT2D eigenvalue weighted by Gasteiger charge is 2.35. The minimum Gasteiger partial charge on any atom is -0.465 e. The fraction of sp³-hybridized carbons (Fsp3) is 0.214. The molecule has 8 nitrogen and oxygen atoms in total. The SMILES string of the molecule is COC(=O)C1=C(C)N(C)C(=O)/C1=C/c1ccc(CN(Cc2ccc(Cl)c(Cl)c2)S(=O)(=O)c2ccc(C)cc2)o1. The van der Waals surface area contributed by atoms with Crippen LogP contribution in [0.2, 0.25) is 10.0 Å². The molecule has 1 aliphatic rings. The van der Waals surface area contributed by atoms with Gasteiger partial charge in [0.05, 0.1) is 39.7 Å². The van der Waals surface area contributed by atoms with Crippen molar-refractivity contribution in [3.63, 3.8) is 0 Å². The highest BCUT2D eigenvalue weighted by atomic mass is 35.5. The molecule has 0 fully saturated rings. The summed E-state index contributed by atoms with van der Waals surface area (Å²) in [5, 5.41) is 0.671. The molecule has 1 aliphatic heterocycles. The van der Waals surface area contributed by atoms with Crippen molar-refractivity contribution in [3.8, 4) is 0 Å². The fourth-order valence-electron chi connectivity index (χ4n) is 4.10. The zero-order valence-electron chi connectivity index (χ0n) is 21.7. The number of halogens is 2. The van der Waals surface area contributed by atoms with Gasteiger partial charge in [0, 0.05) is 19.3 Å². The largest absolute Gasteiger partial charge is 0.465 e. The molecule has 0 saturated carbocycles. The van der Waals surface area contributed by atoms with Crippen molar-refractivity contribution < 1.29 is 27.2 Å². The van der Waals surface area contributed by atoms with Crippen LogP contribution in [0, 0.1) is 6.92 Å². The highest BCUT2D eigenvalue weighted by Crippen LogP contribution is 2.31. The van der Waals surface area contributed by atoms with Gasteiger partial charge in [-0.2, -0.15) is 4.31 Å². The number of carbonyl (C=O) groups is 2. The van der Waals surface area contributed by atoms with Gasteiger partial charge in [-0.3, -0.25) is 4.79 Å². The summed E-state index contributed by atoms with van der Waals surface area (Å²) in [5.74, 6) is -0.411. The molecule has 0 spiro atoms. The van der Waals surface area contributed by atoms with Crippen LogP contribution in [0.25, 0.3) is 6.08 Å². The van der Waals surface area contributed by atoms with E-state index in [1.165, 1.54) is 22.4 Å². The zero-order chi connectivity index (χ0) is 28.5. The van der Waals surface area contributed by atoms with E-state index in [4.69, 9.17) is 32.4 Å². The lowest BCUT2D eigenvalue weighted by Crippen LogP contribution is -2.30. The molecule has 0 saturated heterocycles. The lowest BCUT2D eigenvalue weighted by Gasteiger charge is -2.22. The van der Waals surface area contributed by atoms with E-state index in [-0.39, 0.29) is 40.8 Å². The molecule has 4 rings (SSSR count). The summed E-state index contributed by atoms with van der Waals surface area (Å²) in [7, 11) is -1.14. The number of hydrogen-bond donors (Lipinski definition) is 0. The molecule has 2 aromatic carbocycles. The fourth-order valence-corrected chi connectivity index (χ4v) is 5.81. The van der Waals surface area contributed by atoms with E-state index >= 15 is 0 Å². The van der Waals surface area contributed by atoms with Crippen LogP contribution >= 0.6 is 23.2 Å². The Hall–Kier alpha value is -3.37. The van der Waals surface area contributed by atoms with Crippen LogP contribution in [-0.2, 0) is 37.4 Å². The van der Waals surface area contributed by atoms with Crippen molar-refractivity contribution in [2.24, 2.45) is 0 Å². The highest BCUT2D eigenvalue weighted by molar-refractivity contribution is 7.89. The molecule has 11 heteroatoms. The van der Waals surface area contributed by atoms with E-state index in [9.17, 15) is 18.0 Å². The number of methoxy groups -OCH3 is 1. The van der Waals surface area contributed by atoms with Gasteiger partial charge in [-0.1, -0.05) is 47.0 Å². The first kappa shape index (κ1) is 28.6. The number of aryl methyl sites for hydroxylation is 1. The van der Waals surface area contributed by atoms with E-state index in [0.29, 0.717) is 27.1 Å². The predicted octanol–water partition coefficient (Wildman–Crippen LogP) is 5.59. The van der Waals surface area contributed by atoms with Crippen molar-refractivity contribution in [3.05, 3.63) is 104 Å². The van der Waals surface area contributed by atoms with Crippen molar-refractivity contribution in [1.82, 2.24) is 9.21 Å². The molecule has 0 bridgehead atoms. The number of carbonyl (C=O) groups excluding carboxylic acids is 2. The average molecular weight is 589 g/mol. The van der Waals surface area contributed by atoms with Crippen LogP contribution in [0.4, 0.5) is 0 Å². The summed E-state index contributed by atoms with van der Waals surface area (Å²) in [5.41, 5.74) is 2.30. The Morgan fingerprint density at radius 3 is 2.36 bits per heavy atom. The second-order valence-corrected chi connectivity index (χ2v) is 11.8. The number of amides is 1. The Bertz CT molecular complexity index is 1610. The van der Waals surface area contributed by atoms with E-state index in [2.05, 4.69) is 0 Å². The second-order valence-electron chi connectivity index (χ2n) is 9.01. The predicted molar refractivity (Wildman–Crippen MR) is 148 cm³/mol. The van der Waals surface area contributed by atoms with Crippen LogP contribution in [0.1, 0.15) is 29.6 Å². The number of rotatable bonds is 8. The number of sulfonamides is 1. The van der Waals surface area contributed by atoms with Gasteiger partial charge < -0.3 is 14.1 Å². The third-order valence-electron chi connectivity index (χ3n) is 6.36. The molecule has 1 aromatic heterocycles. The first-order valence-corrected chi connectivity index (χ1v) is 14.0. The molecule has 2 heterocycles. The Kier molecular flexibility index (Phi) is 8.37. The summed E-state index contributed by atoms with van der Waals surface area (Å²) in [6.45, 7) is 3.42. The zero-order valence-corrected chi connectivity index (χ0v) is 24.0. The number of allylic oxidation sites excluding steroid dienone is 1. The van der Waals surface area contributed by atoms with Crippen LogP contribution in [-0.4, -0.2) is 43.7 Å². The Labute approximate surface area is 237 Å². The average Bonchev–Trinajstić information content (AvgIpc) is 3.43. The molecule has 0 radical (unpaired) electrons. The number of likely N-dealkylation sites (N-methyl/N-ethyl adjacent to an activating group) is 1. The molecule has 39 heavy (non-hydrogen) atoms. The molecule has 1 amide bonds. The summed E-state index contributed by atoms with van der Waals surface area (Å²) in [6.07, 6.45) is 1.45. The quantitative estimate of drug-likeness (QED) is 0.251. The van der Waals surface area contributed by atoms with Crippen LogP contribution in [0.3, 0.4) is 0 Å². The standard InChI is InChI=1S/C28H26Cl2N2O6S/c1-17-5-10-22(11-6-17)39(35,36)32(15-19-7-12-24(29)25(30)13-19)16-21-9-8-20(38-21)14-23-26(28(34)37-4)18(2)31(3)27(23)33/h5-14H,15-16H2,1-4H3/b23-14+. The molecule has 0 N–H and O–H groups in total. The number of hydrogen-bond acceptors (Lipinski definition) is 6. The maximum Gasteiger partial charge on any atom is 0.340 e. The summed E-state index contributed by atoms with van der Waals surface area (Å²) < 4.78 is 39.4. The minimum absolute atomic E-state index is 0.00191. The lowest BCUT2D eigenvalue weighted by atomic mass is 10.1. The molecule has 0 atom stereocenters. The molecule has 204 valence electrons. The molecule has 0 aliphatic carbocycles. The molecular weight excluding hydrogens is 563 g/mol. The minimum atomic E-state index is -3.94. The van der Waals surface area contributed by atoms with E-state index < -0.39 is 16.0 Å². The number of ether oxygens (including phenoxy) is 1. The van der Waals surface area contributed by atoms with E-state index in [0.717, 1.165) is 5.56 Å². The van der Waals surface area contributed by atoms with Gasteiger partial charge in [-0.15, -0.1) is 0 Å². The molecule has 3 aromatic rings. The third kappa shape index (κ3) is 5.96. The van der Waals surface area contributed by atoms with Crippen molar-refractivity contribution in [1.29, 1.82) is 0 Å². The summed E-state index contributed by atoms with van der Waals surface area (Å²) in [6, 6.07) is 14.7. The summed E-state index contributed by atoms with van der Waals surface area (Å²) >= 11 is 12.2. The first-order valence-electron chi connectivity index (χ1n) is 11.8. The topological polar surface area (TPSA) is 97.1 Å². The van der Waals surface area contributed by atoms with Crippen LogP contribution in [0.15, 0.2) is 80.8 Å².